The number of fused-ring (bicyclic) bond motifs is 7. The largest absolute Gasteiger partial charge is 0.455 e. The molecule has 0 saturated carbocycles. The van der Waals surface area contributed by atoms with Gasteiger partial charge < -0.3 is 4.42 Å². The second kappa shape index (κ2) is 11.0. The molecule has 0 aliphatic carbocycles. The number of hydrogen-bond donors (Lipinski definition) is 0. The highest BCUT2D eigenvalue weighted by Gasteiger charge is 2.18. The fourth-order valence-corrected chi connectivity index (χ4v) is 5.23. The highest BCUT2D eigenvalue weighted by molar-refractivity contribution is 6.19. The van der Waals surface area contributed by atoms with Crippen LogP contribution in [0.25, 0.3) is 99.5 Å². The molecule has 0 aliphatic rings. The molecule has 10 rings (SSSR count). The van der Waals surface area contributed by atoms with E-state index in [2.05, 4.69) is 15.0 Å². The fraction of sp³-hybridized carbons (Fsp3) is 0. The Labute approximate surface area is 319 Å². The van der Waals surface area contributed by atoms with Gasteiger partial charge in [-0.2, -0.15) is 0 Å². The number of hydrogen-bond acceptors (Lipinski definition) is 4. The second-order valence-electron chi connectivity index (χ2n) is 10.3. The molecule has 2 heterocycles. The zero-order valence-corrected chi connectivity index (χ0v) is 24.2. The molecule has 4 heteroatoms. The molecule has 0 spiro atoms. The van der Waals surface area contributed by atoms with Crippen LogP contribution in [0, 0.1) is 0 Å². The fourth-order valence-electron chi connectivity index (χ4n) is 5.23. The van der Waals surface area contributed by atoms with Gasteiger partial charge in [0.15, 0.2) is 17.5 Å². The first-order valence-electron chi connectivity index (χ1n) is 27.7. The molecular weight excluding hydrogens is 599 g/mol. The van der Waals surface area contributed by atoms with Crippen molar-refractivity contribution in [3.8, 4) is 45.3 Å². The summed E-state index contributed by atoms with van der Waals surface area (Å²) in [6, 6.07) is -22.9. The van der Waals surface area contributed by atoms with Crippen LogP contribution in [0.2, 0.25) is 0 Å². The maximum Gasteiger partial charge on any atom is 0.164 e. The van der Waals surface area contributed by atoms with E-state index in [-0.39, 0.29) is 0 Å². The highest BCUT2D eigenvalue weighted by Crippen LogP contribution is 2.40. The van der Waals surface area contributed by atoms with Crippen LogP contribution in [0.3, 0.4) is 0 Å². The summed E-state index contributed by atoms with van der Waals surface area (Å²) in [4.78, 5) is 13.1. The van der Waals surface area contributed by atoms with Gasteiger partial charge in [0.1, 0.15) is 11.2 Å². The van der Waals surface area contributed by atoms with Gasteiger partial charge in [0, 0.05) is 32.8 Å². The zero-order valence-electron chi connectivity index (χ0n) is 51.2. The van der Waals surface area contributed by atoms with E-state index in [1.807, 2.05) is 0 Å². The predicted octanol–water partition coefficient (Wildman–Crippen LogP) is 11.9. The minimum absolute atomic E-state index is 0.507. The Hall–Kier alpha value is -6.65. The Morgan fingerprint density at radius 1 is 0.367 bits per heavy atom. The van der Waals surface area contributed by atoms with Gasteiger partial charge in [0.25, 0.3) is 0 Å². The number of rotatable bonds is 4. The third-order valence-electron chi connectivity index (χ3n) is 7.43. The van der Waals surface area contributed by atoms with Gasteiger partial charge in [-0.1, -0.05) is 133 Å². The Morgan fingerprint density at radius 3 is 1.51 bits per heavy atom. The third-order valence-corrected chi connectivity index (χ3v) is 7.43. The van der Waals surface area contributed by atoms with Crippen molar-refractivity contribution in [3.05, 3.63) is 163 Å². The molecule has 4 nitrogen and oxygen atoms in total. The maximum atomic E-state index is 9.64. The van der Waals surface area contributed by atoms with Gasteiger partial charge in [0.05, 0.1) is 37.0 Å². The Bertz CT molecular complexity index is 4270. The average Bonchev–Trinajstić information content (AvgIpc) is 3.86. The van der Waals surface area contributed by atoms with Gasteiger partial charge in [-0.3, -0.25) is 0 Å². The molecule has 0 unspecified atom stereocenters. The van der Waals surface area contributed by atoms with E-state index in [4.69, 9.17) is 33.2 Å². The molecular formula is C45H27N3O. The lowest BCUT2D eigenvalue weighted by molar-refractivity contribution is 0.673. The molecule has 0 radical (unpaired) electrons. The van der Waals surface area contributed by atoms with Crippen LogP contribution in [0.5, 0.6) is 0 Å². The van der Waals surface area contributed by atoms with E-state index in [9.17, 15) is 8.22 Å². The number of aromatic nitrogens is 3. The molecule has 228 valence electrons. The van der Waals surface area contributed by atoms with Crippen molar-refractivity contribution in [2.24, 2.45) is 0 Å². The monoisotopic (exact) mass is 652 g/mol. The van der Waals surface area contributed by atoms with E-state index < -0.39 is 263 Å². The molecule has 0 saturated heterocycles. The molecule has 0 atom stereocenters. The van der Waals surface area contributed by atoms with Crippen LogP contribution in [0.15, 0.2) is 168 Å². The first-order valence-corrected chi connectivity index (χ1v) is 14.2. The highest BCUT2D eigenvalue weighted by atomic mass is 16.3. The summed E-state index contributed by atoms with van der Waals surface area (Å²) in [5, 5.41) is -4.36. The van der Waals surface area contributed by atoms with Crippen LogP contribution in [0.4, 0.5) is 0 Å². The summed E-state index contributed by atoms with van der Waals surface area (Å²) in [5.74, 6) is -2.54. The molecule has 8 aromatic carbocycles. The normalized spacial score (nSPS) is 19.4. The van der Waals surface area contributed by atoms with Crippen LogP contribution >= 0.6 is 0 Å². The van der Waals surface area contributed by atoms with Crippen molar-refractivity contribution in [2.75, 3.05) is 0 Å². The van der Waals surface area contributed by atoms with Gasteiger partial charge >= 0.3 is 0 Å². The van der Waals surface area contributed by atoms with Crippen LogP contribution in [0.1, 0.15) is 37.0 Å². The standard InChI is InChI=1S/C45H27N3O/c1-2-12-30(13-3-1)39-27-40-37-23-22-35(26-41(37)49-42(40)38-17-9-8-16-36(38)39)45-47-43(33-20-18-28-10-4-6-14-31(28)24-33)46-44(48-45)34-21-19-29-11-5-7-15-32(29)25-34/h1-27H/i1D,2D,3D,4D,5D,6D,7D,8D,9D,10D,11D,12D,13D,14D,15D,16D,17D,18D,19D,20D,21D,22D,23D,24D,25D,26D,27D. The number of furan rings is 1. The molecule has 10 aromatic rings. The van der Waals surface area contributed by atoms with Crippen LogP contribution in [-0.2, 0) is 0 Å². The quantitative estimate of drug-likeness (QED) is 0.190. The van der Waals surface area contributed by atoms with Crippen molar-refractivity contribution in [1.82, 2.24) is 15.0 Å². The minimum atomic E-state index is -0.973. The summed E-state index contributed by atoms with van der Waals surface area (Å²) in [6.07, 6.45) is 0. The summed E-state index contributed by atoms with van der Waals surface area (Å²) in [6.45, 7) is 0. The molecule has 0 aliphatic heterocycles. The molecule has 0 fully saturated rings. The van der Waals surface area contributed by atoms with Crippen molar-refractivity contribution < 1.29 is 41.4 Å². The lowest BCUT2D eigenvalue weighted by Gasteiger charge is -2.10. The Kier molecular flexibility index (Phi) is 2.64. The van der Waals surface area contributed by atoms with Crippen LogP contribution in [-0.4, -0.2) is 15.0 Å². The first-order chi connectivity index (χ1) is 35.5. The average molecular weight is 653 g/mol. The smallest absolute Gasteiger partial charge is 0.164 e. The summed E-state index contributed by atoms with van der Waals surface area (Å²) in [5.41, 5.74) is -4.80. The van der Waals surface area contributed by atoms with E-state index >= 15 is 0 Å². The van der Waals surface area contributed by atoms with Gasteiger partial charge in [0.2, 0.25) is 0 Å². The Balaban J connectivity index is 1.39. The number of nitrogens with zero attached hydrogens (tertiary/aromatic N) is 3. The molecule has 0 N–H and O–H groups in total. The SMILES string of the molecule is [2H]c1c([2H])c([2H])c(-c2c([2H])c3c(oc4c([2H])c(-c5nc(-c6c([2H])c([2H])c7c([2H])c([2H])c([2H])c([2H])c7c6[2H])nc(-c6c([2H])c([2H])c7c([2H])c([2H])c([2H])c([2H])c7c6[2H])n5)c([2H])c([2H])c43)c3c([2H])c([2H])c([2H])c([2H])c23)c([2H])c1[2H]. The maximum absolute atomic E-state index is 9.64. The topological polar surface area (TPSA) is 51.8 Å². The third kappa shape index (κ3) is 4.65. The van der Waals surface area contributed by atoms with Crippen molar-refractivity contribution >= 4 is 54.3 Å². The summed E-state index contributed by atoms with van der Waals surface area (Å²) < 4.78 is 244. The van der Waals surface area contributed by atoms with E-state index in [1.54, 1.807) is 0 Å². The van der Waals surface area contributed by atoms with Crippen molar-refractivity contribution in [2.45, 2.75) is 0 Å². The van der Waals surface area contributed by atoms with Crippen molar-refractivity contribution in [1.29, 1.82) is 0 Å². The van der Waals surface area contributed by atoms with Crippen molar-refractivity contribution in [3.63, 3.8) is 0 Å². The van der Waals surface area contributed by atoms with E-state index in [0.717, 1.165) is 0 Å². The predicted molar refractivity (Wildman–Crippen MR) is 201 cm³/mol. The zero-order chi connectivity index (χ0) is 55.8. The molecule has 49 heavy (non-hydrogen) atoms. The molecule has 2 aromatic heterocycles. The van der Waals surface area contributed by atoms with Gasteiger partial charge in [-0.15, -0.1) is 0 Å². The summed E-state index contributed by atoms with van der Waals surface area (Å²) in [7, 11) is 0. The molecule has 0 bridgehead atoms. The van der Waals surface area contributed by atoms with Gasteiger partial charge in [-0.25, -0.2) is 15.0 Å². The van der Waals surface area contributed by atoms with E-state index in [1.165, 1.54) is 0 Å². The lowest BCUT2D eigenvalue weighted by Crippen LogP contribution is -2.00. The van der Waals surface area contributed by atoms with Gasteiger partial charge in [-0.05, 0) is 68.3 Å². The summed E-state index contributed by atoms with van der Waals surface area (Å²) >= 11 is 0. The minimum Gasteiger partial charge on any atom is -0.455 e. The second-order valence-corrected chi connectivity index (χ2v) is 10.3. The first kappa shape index (κ1) is 11.8. The lowest BCUT2D eigenvalue weighted by atomic mass is 9.95. The Morgan fingerprint density at radius 2 is 0.878 bits per heavy atom. The van der Waals surface area contributed by atoms with E-state index in [0.29, 0.717) is 0 Å². The van der Waals surface area contributed by atoms with Crippen LogP contribution < -0.4 is 0 Å². The molecule has 0 amide bonds. The number of benzene rings is 8.